The Balaban J connectivity index is 4.62. The zero-order chi connectivity index (χ0) is 13.6. The predicted molar refractivity (Wildman–Crippen MR) is 61.3 cm³/mol. The number of rotatable bonds is 6. The van der Waals surface area contributed by atoms with Crippen LogP contribution in [0, 0.1) is 0 Å². The number of carboxylic acids is 1. The number of primary amides is 1. The molecule has 0 spiro atoms. The van der Waals surface area contributed by atoms with E-state index in [1.54, 1.807) is 20.8 Å². The second-order valence-corrected chi connectivity index (χ2v) is 3.94. The molecule has 0 rings (SSSR count). The number of hydrogen-bond acceptors (Lipinski definition) is 3. The third-order valence-electron chi connectivity index (χ3n) is 2.21. The molecule has 0 aromatic carbocycles. The van der Waals surface area contributed by atoms with E-state index in [2.05, 4.69) is 5.32 Å². The average molecular weight is 245 g/mol. The average Bonchev–Trinajstić information content (AvgIpc) is 2.20. The van der Waals surface area contributed by atoms with Crippen LogP contribution in [0.25, 0.3) is 0 Å². The van der Waals surface area contributed by atoms with Crippen molar-refractivity contribution in [2.24, 2.45) is 5.73 Å². The van der Waals surface area contributed by atoms with Crippen molar-refractivity contribution in [1.82, 2.24) is 10.2 Å². The fourth-order valence-electron chi connectivity index (χ4n) is 1.23. The number of nitrogens with one attached hydrogen (secondary N) is 1. The van der Waals surface area contributed by atoms with Crippen molar-refractivity contribution in [2.45, 2.75) is 39.3 Å². The Kier molecular flexibility index (Phi) is 6.01. The van der Waals surface area contributed by atoms with Gasteiger partial charge in [-0.05, 0) is 20.3 Å². The second kappa shape index (κ2) is 6.72. The molecule has 7 nitrogen and oxygen atoms in total. The Labute approximate surface area is 100.0 Å². The van der Waals surface area contributed by atoms with E-state index in [-0.39, 0.29) is 19.0 Å². The van der Waals surface area contributed by atoms with Crippen LogP contribution >= 0.6 is 0 Å². The minimum atomic E-state index is -1.11. The van der Waals surface area contributed by atoms with Crippen molar-refractivity contribution in [2.75, 3.05) is 6.54 Å². The van der Waals surface area contributed by atoms with Crippen LogP contribution in [0.3, 0.4) is 0 Å². The van der Waals surface area contributed by atoms with E-state index < -0.39 is 23.9 Å². The van der Waals surface area contributed by atoms with Gasteiger partial charge >= 0.3 is 12.0 Å². The Morgan fingerprint density at radius 1 is 1.35 bits per heavy atom. The third-order valence-corrected chi connectivity index (χ3v) is 2.21. The normalized spacial score (nSPS) is 12.0. The van der Waals surface area contributed by atoms with Gasteiger partial charge < -0.3 is 21.1 Å². The van der Waals surface area contributed by atoms with Gasteiger partial charge in [0.15, 0.2) is 0 Å². The fourth-order valence-corrected chi connectivity index (χ4v) is 1.23. The molecule has 0 bridgehead atoms. The quantitative estimate of drug-likeness (QED) is 0.599. The van der Waals surface area contributed by atoms with Crippen LogP contribution in [0.2, 0.25) is 0 Å². The molecule has 7 heteroatoms. The topological polar surface area (TPSA) is 113 Å². The highest BCUT2D eigenvalue weighted by Gasteiger charge is 2.24. The van der Waals surface area contributed by atoms with Gasteiger partial charge in [-0.3, -0.25) is 4.79 Å². The highest BCUT2D eigenvalue weighted by atomic mass is 16.4. The lowest BCUT2D eigenvalue weighted by Gasteiger charge is -2.27. The summed E-state index contributed by atoms with van der Waals surface area (Å²) in [6.45, 7) is 4.83. The molecule has 3 amide bonds. The van der Waals surface area contributed by atoms with Crippen molar-refractivity contribution < 1.29 is 19.5 Å². The van der Waals surface area contributed by atoms with Crippen LogP contribution in [-0.2, 0) is 9.59 Å². The summed E-state index contributed by atoms with van der Waals surface area (Å²) < 4.78 is 0. The van der Waals surface area contributed by atoms with Gasteiger partial charge in [-0.25, -0.2) is 9.59 Å². The number of carboxylic acid groups (broad SMARTS) is 1. The fraction of sp³-hybridized carbons (Fsp3) is 0.700. The number of aliphatic carboxylic acids is 1. The third kappa shape index (κ3) is 5.19. The first kappa shape index (κ1) is 15.2. The van der Waals surface area contributed by atoms with Crippen LogP contribution in [0.1, 0.15) is 27.2 Å². The first-order valence-corrected chi connectivity index (χ1v) is 5.37. The number of amides is 3. The van der Waals surface area contributed by atoms with Gasteiger partial charge in [-0.15, -0.1) is 0 Å². The van der Waals surface area contributed by atoms with Gasteiger partial charge in [0.25, 0.3) is 0 Å². The molecule has 0 fully saturated rings. The van der Waals surface area contributed by atoms with Gasteiger partial charge in [0.2, 0.25) is 5.91 Å². The maximum absolute atomic E-state index is 11.7. The summed E-state index contributed by atoms with van der Waals surface area (Å²) >= 11 is 0. The van der Waals surface area contributed by atoms with E-state index in [0.29, 0.717) is 0 Å². The molecule has 0 aliphatic heterocycles. The van der Waals surface area contributed by atoms with E-state index in [1.807, 2.05) is 0 Å². The number of hydrogen-bond donors (Lipinski definition) is 3. The Bertz CT molecular complexity index is 304. The zero-order valence-corrected chi connectivity index (χ0v) is 10.3. The molecule has 0 aliphatic rings. The smallest absolute Gasteiger partial charge is 0.326 e. The maximum atomic E-state index is 11.7. The largest absolute Gasteiger partial charge is 0.480 e. The summed E-state index contributed by atoms with van der Waals surface area (Å²) in [6.07, 6.45) is 0.267. The van der Waals surface area contributed by atoms with Crippen LogP contribution in [0.15, 0.2) is 0 Å². The number of nitrogens with zero attached hydrogens (tertiary/aromatic N) is 1. The summed E-state index contributed by atoms with van der Waals surface area (Å²) in [5.41, 5.74) is 5.02. The monoisotopic (exact) mass is 245 g/mol. The van der Waals surface area contributed by atoms with E-state index in [9.17, 15) is 14.4 Å². The minimum absolute atomic E-state index is 0.237. The molecule has 1 atom stereocenters. The zero-order valence-electron chi connectivity index (χ0n) is 10.3. The van der Waals surface area contributed by atoms with Crippen molar-refractivity contribution in [1.29, 1.82) is 0 Å². The van der Waals surface area contributed by atoms with E-state index in [1.165, 1.54) is 4.90 Å². The number of urea groups is 1. The Morgan fingerprint density at radius 2 is 1.88 bits per heavy atom. The summed E-state index contributed by atoms with van der Waals surface area (Å²) in [4.78, 5) is 34.5. The predicted octanol–water partition coefficient (Wildman–Crippen LogP) is -0.245. The lowest BCUT2D eigenvalue weighted by molar-refractivity contribution is -0.139. The van der Waals surface area contributed by atoms with Crippen LogP contribution in [0.5, 0.6) is 0 Å². The molecule has 98 valence electrons. The summed E-state index contributed by atoms with van der Waals surface area (Å²) in [6, 6.07) is -1.81. The SMILES string of the molecule is CC[C@H](NC(=O)N(CC(N)=O)C(C)C)C(=O)O. The molecule has 0 radical (unpaired) electrons. The lowest BCUT2D eigenvalue weighted by Crippen LogP contribution is -2.52. The van der Waals surface area contributed by atoms with Gasteiger partial charge in [0.1, 0.15) is 12.6 Å². The number of carbonyl (C=O) groups is 3. The molecule has 0 aromatic rings. The summed E-state index contributed by atoms with van der Waals surface area (Å²) in [7, 11) is 0. The molecule has 0 unspecified atom stereocenters. The summed E-state index contributed by atoms with van der Waals surface area (Å²) in [5.74, 6) is -1.75. The van der Waals surface area contributed by atoms with Crippen molar-refractivity contribution in [3.8, 4) is 0 Å². The molecule has 0 heterocycles. The van der Waals surface area contributed by atoms with Gasteiger partial charge in [0.05, 0.1) is 0 Å². The van der Waals surface area contributed by atoms with Gasteiger partial charge in [-0.1, -0.05) is 6.92 Å². The van der Waals surface area contributed by atoms with E-state index in [4.69, 9.17) is 10.8 Å². The van der Waals surface area contributed by atoms with Crippen molar-refractivity contribution >= 4 is 17.9 Å². The molecule has 0 saturated carbocycles. The molecular formula is C10H19N3O4. The molecular weight excluding hydrogens is 226 g/mol. The van der Waals surface area contributed by atoms with Crippen LogP contribution in [0.4, 0.5) is 4.79 Å². The first-order valence-electron chi connectivity index (χ1n) is 5.37. The van der Waals surface area contributed by atoms with Crippen LogP contribution in [-0.4, -0.2) is 46.5 Å². The maximum Gasteiger partial charge on any atom is 0.326 e. The number of nitrogens with two attached hydrogens (primary N) is 1. The molecule has 17 heavy (non-hydrogen) atoms. The molecule has 0 aromatic heterocycles. The number of carbonyl (C=O) groups excluding carboxylic acids is 2. The van der Waals surface area contributed by atoms with Gasteiger partial charge in [0, 0.05) is 6.04 Å². The molecule has 0 saturated heterocycles. The molecule has 0 aliphatic carbocycles. The summed E-state index contributed by atoms with van der Waals surface area (Å²) in [5, 5.41) is 11.1. The van der Waals surface area contributed by atoms with E-state index in [0.717, 1.165) is 0 Å². The Morgan fingerprint density at radius 3 is 2.18 bits per heavy atom. The van der Waals surface area contributed by atoms with Gasteiger partial charge in [-0.2, -0.15) is 0 Å². The Hall–Kier alpha value is -1.79. The van der Waals surface area contributed by atoms with Crippen molar-refractivity contribution in [3.05, 3.63) is 0 Å². The lowest BCUT2D eigenvalue weighted by atomic mass is 10.2. The standard InChI is InChI=1S/C10H19N3O4/c1-4-7(9(15)16)12-10(17)13(6(2)3)5-8(11)14/h6-7H,4-5H2,1-3H3,(H2,11,14)(H,12,17)(H,15,16)/t7-/m0/s1. The highest BCUT2D eigenvalue weighted by molar-refractivity contribution is 5.86. The second-order valence-electron chi connectivity index (χ2n) is 3.94. The van der Waals surface area contributed by atoms with E-state index >= 15 is 0 Å². The van der Waals surface area contributed by atoms with Crippen molar-refractivity contribution in [3.63, 3.8) is 0 Å². The minimum Gasteiger partial charge on any atom is -0.480 e. The highest BCUT2D eigenvalue weighted by Crippen LogP contribution is 2.00. The first-order chi connectivity index (χ1) is 7.79. The van der Waals surface area contributed by atoms with Crippen LogP contribution < -0.4 is 11.1 Å². The molecule has 4 N–H and O–H groups in total.